The van der Waals surface area contributed by atoms with E-state index in [4.69, 9.17) is 4.74 Å². The maximum absolute atomic E-state index is 12.3. The number of ether oxygens (including phenoxy) is 1. The van der Waals surface area contributed by atoms with Gasteiger partial charge in [-0.05, 0) is 6.92 Å². The molecule has 0 radical (unpaired) electrons. The average Bonchev–Trinajstić information content (AvgIpc) is 3.03. The number of fused-ring (bicyclic) bond motifs is 1. The van der Waals surface area contributed by atoms with Crippen LogP contribution in [0.3, 0.4) is 0 Å². The molecular weight excluding hydrogens is 280 g/mol. The van der Waals surface area contributed by atoms with E-state index < -0.39 is 5.97 Å². The van der Waals surface area contributed by atoms with Crippen LogP contribution in [0.2, 0.25) is 0 Å². The Kier molecular flexibility index (Phi) is 3.91. The van der Waals surface area contributed by atoms with Crippen LogP contribution in [0.1, 0.15) is 17.3 Å². The minimum Gasteiger partial charge on any atom is -0.462 e. The highest BCUT2D eigenvalue weighted by molar-refractivity contribution is 5.95. The first-order chi connectivity index (χ1) is 10.8. The molecule has 0 amide bonds. The highest BCUT2D eigenvalue weighted by Gasteiger charge is 2.25. The van der Waals surface area contributed by atoms with Crippen molar-refractivity contribution in [3.63, 3.8) is 0 Å². The number of rotatable bonds is 3. The summed E-state index contributed by atoms with van der Waals surface area (Å²) < 4.78 is 7.16. The molecule has 0 unspecified atom stereocenters. The highest BCUT2D eigenvalue weighted by Crippen LogP contribution is 2.25. The van der Waals surface area contributed by atoms with Crippen LogP contribution < -0.4 is 10.8 Å². The van der Waals surface area contributed by atoms with Gasteiger partial charge in [0, 0.05) is 25.7 Å². The van der Waals surface area contributed by atoms with Crippen molar-refractivity contribution < 1.29 is 9.53 Å². The molecule has 0 atom stereocenters. The zero-order chi connectivity index (χ0) is 15.5. The topological polar surface area (TPSA) is 68.5 Å². The molecule has 3 rings (SSSR count). The second kappa shape index (κ2) is 6.01. The highest BCUT2D eigenvalue weighted by atomic mass is 16.5. The molecule has 6 nitrogen and oxygen atoms in total. The van der Waals surface area contributed by atoms with Crippen LogP contribution in [-0.2, 0) is 11.3 Å². The third kappa shape index (κ3) is 2.36. The Morgan fingerprint density at radius 2 is 2.18 bits per heavy atom. The molecule has 114 valence electrons. The lowest BCUT2D eigenvalue weighted by atomic mass is 10.2. The molecule has 0 bridgehead atoms. The Bertz CT molecular complexity index is 766. The van der Waals surface area contributed by atoms with Crippen molar-refractivity contribution in [3.8, 4) is 11.4 Å². The molecule has 22 heavy (non-hydrogen) atoms. The Hall–Kier alpha value is -2.63. The average molecular weight is 298 g/mol. The molecule has 2 aromatic rings. The van der Waals surface area contributed by atoms with Crippen LogP contribution >= 0.6 is 0 Å². The van der Waals surface area contributed by atoms with E-state index in [1.54, 1.807) is 14.0 Å². The van der Waals surface area contributed by atoms with E-state index in [2.05, 4.69) is 15.3 Å². The minimum absolute atomic E-state index is 0.321. The molecule has 1 aliphatic rings. The summed E-state index contributed by atoms with van der Waals surface area (Å²) in [6.45, 7) is 3.61. The van der Waals surface area contributed by atoms with E-state index >= 15 is 0 Å². The van der Waals surface area contributed by atoms with Crippen LogP contribution in [0.15, 0.2) is 35.3 Å². The summed E-state index contributed by atoms with van der Waals surface area (Å²) in [6.07, 6.45) is 0. The zero-order valence-electron chi connectivity index (χ0n) is 12.7. The van der Waals surface area contributed by atoms with Crippen molar-refractivity contribution in [2.75, 3.05) is 25.5 Å². The third-order valence-electron chi connectivity index (χ3n) is 3.55. The fraction of sp³-hybridized carbons (Fsp3) is 0.312. The van der Waals surface area contributed by atoms with Crippen molar-refractivity contribution in [2.45, 2.75) is 13.5 Å². The van der Waals surface area contributed by atoms with Gasteiger partial charge in [0.1, 0.15) is 17.2 Å². The van der Waals surface area contributed by atoms with E-state index in [9.17, 15) is 4.79 Å². The van der Waals surface area contributed by atoms with Gasteiger partial charge in [-0.1, -0.05) is 30.3 Å². The van der Waals surface area contributed by atoms with Crippen LogP contribution in [0, 0.1) is 0 Å². The van der Waals surface area contributed by atoms with E-state index in [0.717, 1.165) is 30.3 Å². The Morgan fingerprint density at radius 1 is 1.41 bits per heavy atom. The Morgan fingerprint density at radius 3 is 2.86 bits per heavy atom. The number of anilines is 1. The van der Waals surface area contributed by atoms with E-state index in [1.165, 1.54) is 0 Å². The summed E-state index contributed by atoms with van der Waals surface area (Å²) in [5, 5.41) is 3.26. The van der Waals surface area contributed by atoms with Crippen molar-refractivity contribution in [3.05, 3.63) is 41.4 Å². The second-order valence-corrected chi connectivity index (χ2v) is 4.87. The normalized spacial score (nSPS) is 13.6. The fourth-order valence-electron chi connectivity index (χ4n) is 2.61. The first kappa shape index (κ1) is 14.3. The third-order valence-corrected chi connectivity index (χ3v) is 3.55. The molecule has 1 aromatic carbocycles. The van der Waals surface area contributed by atoms with Gasteiger partial charge in [-0.3, -0.25) is 4.99 Å². The van der Waals surface area contributed by atoms with E-state index in [-0.39, 0.29) is 0 Å². The Labute approximate surface area is 128 Å². The molecule has 0 spiro atoms. The molecule has 0 saturated heterocycles. The number of benzene rings is 1. The SMILES string of the molecule is CCOC(=O)c1c2n(c(-c3ccccc3)nc1=NC)CCN2. The summed E-state index contributed by atoms with van der Waals surface area (Å²) in [5.74, 6) is 1.13. The van der Waals surface area contributed by atoms with Crippen molar-refractivity contribution >= 4 is 11.8 Å². The summed E-state index contributed by atoms with van der Waals surface area (Å²) in [7, 11) is 1.63. The summed E-state index contributed by atoms with van der Waals surface area (Å²) >= 11 is 0. The number of aromatic nitrogens is 2. The van der Waals surface area contributed by atoms with Gasteiger partial charge in [0.15, 0.2) is 5.49 Å². The standard InChI is InChI=1S/C16H18N4O2/c1-3-22-16(21)12-13(17-2)19-14(11-7-5-4-6-8-11)20-10-9-18-15(12)20/h4-8,18H,3,9-10H2,1-2H3. The molecular formula is C16H18N4O2. The van der Waals surface area contributed by atoms with Crippen LogP contribution in [0.25, 0.3) is 11.4 Å². The van der Waals surface area contributed by atoms with E-state index in [0.29, 0.717) is 17.7 Å². The van der Waals surface area contributed by atoms with Gasteiger partial charge in [-0.15, -0.1) is 0 Å². The molecule has 1 aliphatic heterocycles. The van der Waals surface area contributed by atoms with Crippen molar-refractivity contribution in [1.29, 1.82) is 0 Å². The maximum atomic E-state index is 12.3. The number of nitrogens with zero attached hydrogens (tertiary/aromatic N) is 3. The predicted octanol–water partition coefficient (Wildman–Crippen LogP) is 1.68. The largest absolute Gasteiger partial charge is 0.462 e. The van der Waals surface area contributed by atoms with Crippen molar-refractivity contribution in [1.82, 2.24) is 9.55 Å². The number of hydrogen-bond acceptors (Lipinski definition) is 5. The number of carbonyl (C=O) groups is 1. The van der Waals surface area contributed by atoms with Crippen LogP contribution in [0.4, 0.5) is 5.82 Å². The molecule has 0 aliphatic carbocycles. The maximum Gasteiger partial charge on any atom is 0.345 e. The van der Waals surface area contributed by atoms with Gasteiger partial charge < -0.3 is 14.6 Å². The van der Waals surface area contributed by atoms with Crippen LogP contribution in [-0.4, -0.2) is 35.7 Å². The fourth-order valence-corrected chi connectivity index (χ4v) is 2.61. The smallest absolute Gasteiger partial charge is 0.345 e. The lowest BCUT2D eigenvalue weighted by molar-refractivity contribution is 0.0524. The predicted molar refractivity (Wildman–Crippen MR) is 83.6 cm³/mol. The van der Waals surface area contributed by atoms with Gasteiger partial charge >= 0.3 is 5.97 Å². The first-order valence-corrected chi connectivity index (χ1v) is 7.30. The lowest BCUT2D eigenvalue weighted by Crippen LogP contribution is -2.26. The summed E-state index contributed by atoms with van der Waals surface area (Å²) in [5.41, 5.74) is 1.80. The monoisotopic (exact) mass is 298 g/mol. The minimum atomic E-state index is -0.395. The van der Waals surface area contributed by atoms with Gasteiger partial charge in [-0.25, -0.2) is 9.78 Å². The molecule has 1 aromatic heterocycles. The summed E-state index contributed by atoms with van der Waals surface area (Å²) in [4.78, 5) is 21.0. The Balaban J connectivity index is 2.25. The van der Waals surface area contributed by atoms with Crippen molar-refractivity contribution in [2.24, 2.45) is 4.99 Å². The number of carbonyl (C=O) groups excluding carboxylic acids is 1. The van der Waals surface area contributed by atoms with Gasteiger partial charge in [-0.2, -0.15) is 0 Å². The van der Waals surface area contributed by atoms with Gasteiger partial charge in [0.2, 0.25) is 0 Å². The molecule has 2 heterocycles. The zero-order valence-corrected chi connectivity index (χ0v) is 12.7. The lowest BCUT2D eigenvalue weighted by Gasteiger charge is -2.14. The molecule has 6 heteroatoms. The molecule has 0 fully saturated rings. The molecule has 1 N–H and O–H groups in total. The van der Waals surface area contributed by atoms with Gasteiger partial charge in [0.05, 0.1) is 6.61 Å². The number of hydrogen-bond donors (Lipinski definition) is 1. The quantitative estimate of drug-likeness (QED) is 0.875. The summed E-state index contributed by atoms with van der Waals surface area (Å²) in [6, 6.07) is 9.89. The number of esters is 1. The first-order valence-electron chi connectivity index (χ1n) is 7.30. The van der Waals surface area contributed by atoms with Gasteiger partial charge in [0.25, 0.3) is 0 Å². The molecule has 0 saturated carbocycles. The number of nitrogens with one attached hydrogen (secondary N) is 1. The van der Waals surface area contributed by atoms with E-state index in [1.807, 2.05) is 34.9 Å². The second-order valence-electron chi connectivity index (χ2n) is 4.87. The van der Waals surface area contributed by atoms with Crippen LogP contribution in [0.5, 0.6) is 0 Å².